The van der Waals surface area contributed by atoms with Crippen molar-refractivity contribution < 1.29 is 40.7 Å². The minimum absolute atomic E-state index is 0.0641. The van der Waals surface area contributed by atoms with Crippen molar-refractivity contribution >= 4 is 17.9 Å². The molecule has 1 aliphatic heterocycles. The number of aromatic nitrogens is 2. The zero-order valence-corrected chi connectivity index (χ0v) is 20.4. The molecule has 0 amide bonds. The third kappa shape index (κ3) is 4.83. The number of fused-ring (bicyclic) bond motifs is 1. The summed E-state index contributed by atoms with van der Waals surface area (Å²) >= 11 is 0. The highest BCUT2D eigenvalue weighted by atomic mass is 19.4. The average molecular weight is 545 g/mol. The Morgan fingerprint density at radius 1 is 1.21 bits per heavy atom. The predicted octanol–water partition coefficient (Wildman–Crippen LogP) is 5.02. The van der Waals surface area contributed by atoms with Crippen LogP contribution in [-0.4, -0.2) is 41.9 Å². The van der Waals surface area contributed by atoms with Gasteiger partial charge in [0.1, 0.15) is 12.1 Å². The summed E-state index contributed by atoms with van der Waals surface area (Å²) in [5, 5.41) is 2.49. The number of H-pyrrole nitrogens is 1. The monoisotopic (exact) mass is 545 g/mol. The molecule has 2 aliphatic carbocycles. The van der Waals surface area contributed by atoms with Crippen LogP contribution in [0.2, 0.25) is 0 Å². The van der Waals surface area contributed by atoms with Gasteiger partial charge in [0, 0.05) is 37.3 Å². The number of Topliss-reactive ketones (excluding diaryl/α,β-unsaturated/α-hetero) is 1. The van der Waals surface area contributed by atoms with Gasteiger partial charge in [-0.1, -0.05) is 0 Å². The number of pyridine rings is 2. The molecule has 2 atom stereocenters. The first-order valence-corrected chi connectivity index (χ1v) is 11.8. The molecule has 3 heterocycles. The summed E-state index contributed by atoms with van der Waals surface area (Å²) < 4.78 is 83.3. The van der Waals surface area contributed by atoms with Gasteiger partial charge >= 0.3 is 12.4 Å². The number of carbonyl (C=O) groups excluding carboxylic acids is 2. The number of ether oxygens (including phenoxy) is 1. The Bertz CT molecular complexity index is 1280. The van der Waals surface area contributed by atoms with Crippen LogP contribution in [0.15, 0.2) is 29.2 Å². The number of aromatic amines is 1. The molecule has 0 radical (unpaired) electrons. The predicted molar refractivity (Wildman–Crippen MR) is 123 cm³/mol. The fourth-order valence-corrected chi connectivity index (χ4v) is 5.05. The Morgan fingerprint density at radius 3 is 2.39 bits per heavy atom. The normalized spacial score (nSPS) is 27.9. The molecule has 13 heteroatoms. The average Bonchev–Trinajstić information content (AvgIpc) is 3.72. The Labute approximate surface area is 213 Å². The topological polar surface area (TPSA) is 101 Å². The maximum absolute atomic E-state index is 13.0. The van der Waals surface area contributed by atoms with Gasteiger partial charge in [-0.25, -0.2) is 4.98 Å². The number of hydrogen-bond donors (Lipinski definition) is 2. The molecule has 2 unspecified atom stereocenters. The van der Waals surface area contributed by atoms with E-state index in [1.54, 1.807) is 12.3 Å². The van der Waals surface area contributed by atoms with E-state index >= 15 is 0 Å². The smallest absolute Gasteiger partial charge is 0.373 e. The van der Waals surface area contributed by atoms with Crippen LogP contribution in [0.3, 0.4) is 0 Å². The number of nitrogens with zero attached hydrogens (tertiary/aromatic N) is 1. The Balaban J connectivity index is 0.000000194. The quantitative estimate of drug-likeness (QED) is 0.311. The van der Waals surface area contributed by atoms with Crippen LogP contribution in [0, 0.1) is 23.7 Å². The summed E-state index contributed by atoms with van der Waals surface area (Å²) in [5.74, 6) is -0.974. The number of rotatable bonds is 5. The second-order valence-electron chi connectivity index (χ2n) is 9.88. The number of hydrogen-bond acceptors (Lipinski definition) is 6. The van der Waals surface area contributed by atoms with Crippen molar-refractivity contribution in [3.05, 3.63) is 57.1 Å². The van der Waals surface area contributed by atoms with Gasteiger partial charge in [0.25, 0.3) is 0 Å². The molecule has 1 saturated heterocycles. The fourth-order valence-electron chi connectivity index (χ4n) is 5.05. The number of ketones is 1. The van der Waals surface area contributed by atoms with Crippen LogP contribution in [0.4, 0.5) is 32.2 Å². The molecule has 2 N–H and O–H groups in total. The molecule has 2 aromatic rings. The molecule has 2 saturated carbocycles. The second kappa shape index (κ2) is 9.51. The van der Waals surface area contributed by atoms with E-state index in [4.69, 9.17) is 4.74 Å². The van der Waals surface area contributed by atoms with Crippen molar-refractivity contribution in [1.29, 1.82) is 0 Å². The first-order valence-electron chi connectivity index (χ1n) is 11.8. The van der Waals surface area contributed by atoms with E-state index in [1.165, 1.54) is 13.1 Å². The SMILES string of the molecule is CNc1nc(C)c(C(F)(F)F)cc1C(=O)C12CC1(C(F)(F)F)C2.O=CC1CCOC(c2ccc(=O)[nH]c2)C1. The summed E-state index contributed by atoms with van der Waals surface area (Å²) in [6, 6.07) is 3.82. The van der Waals surface area contributed by atoms with E-state index in [2.05, 4.69) is 15.3 Å². The number of aldehydes is 1. The highest BCUT2D eigenvalue weighted by molar-refractivity contribution is 6.09. The molecule has 0 aromatic carbocycles. The van der Waals surface area contributed by atoms with Gasteiger partial charge in [0.2, 0.25) is 5.56 Å². The number of nitrogens with one attached hydrogen (secondary N) is 2. The lowest BCUT2D eigenvalue weighted by atomic mass is 9.94. The molecular weight excluding hydrogens is 520 g/mol. The number of anilines is 1. The van der Waals surface area contributed by atoms with Crippen LogP contribution in [-0.2, 0) is 15.7 Å². The summed E-state index contributed by atoms with van der Waals surface area (Å²) in [7, 11) is 1.35. The molecule has 206 valence electrons. The minimum Gasteiger partial charge on any atom is -0.373 e. The van der Waals surface area contributed by atoms with Crippen LogP contribution >= 0.6 is 0 Å². The Morgan fingerprint density at radius 2 is 1.89 bits per heavy atom. The van der Waals surface area contributed by atoms with E-state index in [9.17, 15) is 40.7 Å². The van der Waals surface area contributed by atoms with E-state index in [0.717, 1.165) is 25.2 Å². The van der Waals surface area contributed by atoms with Gasteiger partial charge in [0.15, 0.2) is 5.78 Å². The molecule has 0 spiro atoms. The lowest BCUT2D eigenvalue weighted by molar-refractivity contribution is -0.168. The molecule has 7 nitrogen and oxygen atoms in total. The van der Waals surface area contributed by atoms with Crippen molar-refractivity contribution in [3.8, 4) is 0 Å². The third-order valence-electron chi connectivity index (χ3n) is 7.55. The second-order valence-corrected chi connectivity index (χ2v) is 9.88. The van der Waals surface area contributed by atoms with Crippen molar-refractivity contribution in [2.75, 3.05) is 19.0 Å². The van der Waals surface area contributed by atoms with Crippen molar-refractivity contribution in [3.63, 3.8) is 0 Å². The van der Waals surface area contributed by atoms with E-state index < -0.39 is 40.1 Å². The Kier molecular flexibility index (Phi) is 6.96. The maximum atomic E-state index is 13.0. The summed E-state index contributed by atoms with van der Waals surface area (Å²) in [5.41, 5.74) is -4.74. The third-order valence-corrected chi connectivity index (χ3v) is 7.55. The molecule has 3 fully saturated rings. The largest absolute Gasteiger partial charge is 0.418 e. The highest BCUT2D eigenvalue weighted by Crippen LogP contribution is 2.91. The van der Waals surface area contributed by atoms with Crippen LogP contribution in [0.5, 0.6) is 0 Å². The first kappa shape index (κ1) is 27.8. The first-order chi connectivity index (χ1) is 17.7. The summed E-state index contributed by atoms with van der Waals surface area (Å²) in [6.45, 7) is 1.73. The summed E-state index contributed by atoms with van der Waals surface area (Å²) in [4.78, 5) is 40.3. The zero-order chi connectivity index (χ0) is 28.1. The van der Waals surface area contributed by atoms with Crippen molar-refractivity contribution in [2.24, 2.45) is 16.7 Å². The summed E-state index contributed by atoms with van der Waals surface area (Å²) in [6.07, 6.45) is -5.90. The molecule has 0 bridgehead atoms. The van der Waals surface area contributed by atoms with Gasteiger partial charge in [-0.15, -0.1) is 0 Å². The standard InChI is InChI=1S/C14H12F6N2O.C11H13NO3/c1-6-8(13(15,16)17)3-7(10(21-2)22-6)9(23)11-4-12(11,5-11)14(18,19)20;13-7-8-3-4-15-10(5-8)9-1-2-11(14)12-6-9/h3H,4-5H2,1-2H3,(H,21,22);1-2,6-8,10H,3-5H2,(H,12,14). The maximum Gasteiger partial charge on any atom is 0.418 e. The highest BCUT2D eigenvalue weighted by Gasteiger charge is 2.96. The van der Waals surface area contributed by atoms with Gasteiger partial charge in [-0.2, -0.15) is 26.3 Å². The molecule has 38 heavy (non-hydrogen) atoms. The Hall–Kier alpha value is -3.22. The molecular formula is C25H25F6N3O4. The van der Waals surface area contributed by atoms with Gasteiger partial charge in [-0.3, -0.25) is 9.59 Å². The number of alkyl halides is 6. The van der Waals surface area contributed by atoms with E-state index in [-0.39, 0.29) is 41.9 Å². The lowest BCUT2D eigenvalue weighted by Gasteiger charge is -2.26. The van der Waals surface area contributed by atoms with E-state index in [1.807, 2.05) is 0 Å². The van der Waals surface area contributed by atoms with Crippen LogP contribution in [0.25, 0.3) is 0 Å². The van der Waals surface area contributed by atoms with Crippen molar-refractivity contribution in [1.82, 2.24) is 9.97 Å². The van der Waals surface area contributed by atoms with E-state index in [0.29, 0.717) is 19.1 Å². The zero-order valence-electron chi connectivity index (χ0n) is 20.4. The number of aryl methyl sites for hydroxylation is 1. The molecule has 2 aromatic heterocycles. The minimum atomic E-state index is -4.73. The van der Waals surface area contributed by atoms with Gasteiger partial charge in [-0.05, 0) is 50.3 Å². The van der Waals surface area contributed by atoms with Crippen molar-refractivity contribution in [2.45, 2.75) is 51.1 Å². The van der Waals surface area contributed by atoms with Gasteiger partial charge < -0.3 is 19.8 Å². The lowest BCUT2D eigenvalue weighted by Crippen LogP contribution is -2.21. The number of halogens is 6. The van der Waals surface area contributed by atoms with Crippen LogP contribution < -0.4 is 10.9 Å². The fraction of sp³-hybridized carbons (Fsp3) is 0.520. The van der Waals surface area contributed by atoms with Gasteiger partial charge in [0.05, 0.1) is 28.3 Å². The molecule has 3 aliphatic rings. The number of carbonyl (C=O) groups is 2. The van der Waals surface area contributed by atoms with Crippen LogP contribution in [0.1, 0.15) is 59.0 Å². The molecule has 5 rings (SSSR count).